The lowest BCUT2D eigenvalue weighted by Gasteiger charge is -2.28. The number of ether oxygens (including phenoxy) is 1. The lowest BCUT2D eigenvalue weighted by molar-refractivity contribution is -0.142. The van der Waals surface area contributed by atoms with Gasteiger partial charge in [0.2, 0.25) is 5.91 Å². The molecule has 0 heterocycles. The molecule has 1 atom stereocenters. The Morgan fingerprint density at radius 1 is 1.14 bits per heavy atom. The molecule has 8 heteroatoms. The van der Waals surface area contributed by atoms with Gasteiger partial charge in [-0.2, -0.15) is 0 Å². The number of hydrogen-bond acceptors (Lipinski definition) is 3. The Bertz CT molecular complexity index is 846. The van der Waals surface area contributed by atoms with Gasteiger partial charge in [0.1, 0.15) is 11.8 Å². The summed E-state index contributed by atoms with van der Waals surface area (Å²) < 4.78 is 7.38. The maximum absolute atomic E-state index is 12.9. The summed E-state index contributed by atoms with van der Waals surface area (Å²) in [5.74, 6) is -0.0834. The minimum Gasteiger partial charge on any atom is -0.482 e. The third kappa shape index (κ3) is 7.32. The average Bonchev–Trinajstić information content (AvgIpc) is 2.70. The van der Waals surface area contributed by atoms with Crippen LogP contribution in [0, 0.1) is 0 Å². The van der Waals surface area contributed by atoms with Gasteiger partial charge < -0.3 is 15.0 Å². The molecule has 5 nitrogen and oxygen atoms in total. The molecule has 1 N–H and O–H groups in total. The Morgan fingerprint density at radius 3 is 2.41 bits per heavy atom. The van der Waals surface area contributed by atoms with Gasteiger partial charge in [0.25, 0.3) is 5.91 Å². The third-order valence-electron chi connectivity index (χ3n) is 4.23. The number of hydrogen-bond donors (Lipinski definition) is 1. The van der Waals surface area contributed by atoms with Crippen LogP contribution in [0.25, 0.3) is 0 Å². The van der Waals surface area contributed by atoms with Crippen molar-refractivity contribution in [3.63, 3.8) is 0 Å². The second kappa shape index (κ2) is 11.6. The fourth-order valence-electron chi connectivity index (χ4n) is 2.58. The van der Waals surface area contributed by atoms with Crippen molar-refractivity contribution in [3.05, 3.63) is 62.0 Å². The average molecular weight is 547 g/mol. The molecule has 2 rings (SSSR count). The first-order valence-electron chi connectivity index (χ1n) is 9.21. The molecule has 0 aliphatic carbocycles. The van der Waals surface area contributed by atoms with E-state index in [9.17, 15) is 9.59 Å². The van der Waals surface area contributed by atoms with Crippen LogP contribution in [-0.4, -0.2) is 35.9 Å². The van der Waals surface area contributed by atoms with Crippen LogP contribution in [0.5, 0.6) is 5.75 Å². The zero-order valence-corrected chi connectivity index (χ0v) is 20.2. The van der Waals surface area contributed by atoms with E-state index in [2.05, 4.69) is 37.2 Å². The Balaban J connectivity index is 2.14. The molecule has 0 unspecified atom stereocenters. The Hall–Kier alpha value is -1.57. The smallest absolute Gasteiger partial charge is 0.261 e. The number of nitrogens with zero attached hydrogens (tertiary/aromatic N) is 1. The first-order valence-corrected chi connectivity index (χ1v) is 11.2. The van der Waals surface area contributed by atoms with Gasteiger partial charge in [-0.15, -0.1) is 0 Å². The molecular formula is C21H23Br2ClN2O3. The molecule has 0 saturated carbocycles. The standard InChI is InChI=1S/C21H23Br2ClN2O3/c1-3-10-25-21(28)14(2)26(12-15-4-6-16(22)7-5-15)20(27)13-29-19-9-8-17(23)11-18(19)24/h4-9,11,14H,3,10,12-13H2,1-2H3,(H,25,28)/t14-/m1/s1. The highest BCUT2D eigenvalue weighted by Crippen LogP contribution is 2.27. The van der Waals surface area contributed by atoms with E-state index in [4.69, 9.17) is 16.3 Å². The quantitative estimate of drug-likeness (QED) is 0.471. The molecule has 0 fully saturated rings. The molecule has 0 aliphatic heterocycles. The molecule has 0 radical (unpaired) electrons. The van der Waals surface area contributed by atoms with Gasteiger partial charge in [-0.05, 0) is 49.2 Å². The minimum absolute atomic E-state index is 0.195. The summed E-state index contributed by atoms with van der Waals surface area (Å²) in [6, 6.07) is 12.2. The highest BCUT2D eigenvalue weighted by atomic mass is 79.9. The molecule has 0 saturated heterocycles. The molecule has 29 heavy (non-hydrogen) atoms. The minimum atomic E-state index is -0.637. The van der Waals surface area contributed by atoms with Crippen molar-refractivity contribution in [1.82, 2.24) is 10.2 Å². The van der Waals surface area contributed by atoms with Crippen molar-refractivity contribution in [1.29, 1.82) is 0 Å². The number of benzene rings is 2. The molecule has 2 amide bonds. The van der Waals surface area contributed by atoms with Crippen LogP contribution in [0.15, 0.2) is 51.4 Å². The summed E-state index contributed by atoms with van der Waals surface area (Å²) in [5.41, 5.74) is 0.915. The van der Waals surface area contributed by atoms with Gasteiger partial charge in [-0.1, -0.05) is 62.5 Å². The van der Waals surface area contributed by atoms with E-state index < -0.39 is 6.04 Å². The van der Waals surface area contributed by atoms with Crippen LogP contribution < -0.4 is 10.1 Å². The van der Waals surface area contributed by atoms with Gasteiger partial charge >= 0.3 is 0 Å². The lowest BCUT2D eigenvalue weighted by atomic mass is 10.1. The van der Waals surface area contributed by atoms with Crippen LogP contribution in [0.3, 0.4) is 0 Å². The topological polar surface area (TPSA) is 58.6 Å². The monoisotopic (exact) mass is 544 g/mol. The molecule has 0 spiro atoms. The molecule has 0 bridgehead atoms. The molecule has 2 aromatic carbocycles. The summed E-state index contributed by atoms with van der Waals surface area (Å²) in [5, 5.41) is 3.25. The van der Waals surface area contributed by atoms with Crippen LogP contribution in [0.2, 0.25) is 5.02 Å². The van der Waals surface area contributed by atoms with Gasteiger partial charge in [0.05, 0.1) is 5.02 Å². The zero-order valence-electron chi connectivity index (χ0n) is 16.3. The van der Waals surface area contributed by atoms with Crippen molar-refractivity contribution in [2.24, 2.45) is 0 Å². The first-order chi connectivity index (χ1) is 13.8. The fourth-order valence-corrected chi connectivity index (χ4v) is 3.57. The predicted molar refractivity (Wildman–Crippen MR) is 122 cm³/mol. The van der Waals surface area contributed by atoms with E-state index >= 15 is 0 Å². The van der Waals surface area contributed by atoms with Crippen molar-refractivity contribution in [2.45, 2.75) is 32.9 Å². The van der Waals surface area contributed by atoms with E-state index in [1.165, 1.54) is 4.90 Å². The molecule has 0 aromatic heterocycles. The number of carbonyl (C=O) groups is 2. The Morgan fingerprint density at radius 2 is 1.79 bits per heavy atom. The van der Waals surface area contributed by atoms with Gasteiger partial charge in [-0.25, -0.2) is 0 Å². The van der Waals surface area contributed by atoms with Crippen molar-refractivity contribution in [2.75, 3.05) is 13.2 Å². The predicted octanol–water partition coefficient (Wildman–Crippen LogP) is 5.19. The van der Waals surface area contributed by atoms with E-state index in [0.29, 0.717) is 23.9 Å². The summed E-state index contributed by atoms with van der Waals surface area (Å²) in [4.78, 5) is 26.9. The number of halogens is 3. The van der Waals surface area contributed by atoms with Gasteiger partial charge in [0, 0.05) is 22.0 Å². The van der Waals surface area contributed by atoms with Crippen molar-refractivity contribution >= 4 is 55.3 Å². The number of carbonyl (C=O) groups excluding carboxylic acids is 2. The normalized spacial score (nSPS) is 11.6. The first kappa shape index (κ1) is 23.7. The Labute approximate surface area is 193 Å². The number of rotatable bonds is 9. The van der Waals surface area contributed by atoms with E-state index in [-0.39, 0.29) is 18.4 Å². The highest BCUT2D eigenvalue weighted by molar-refractivity contribution is 9.10. The van der Waals surface area contributed by atoms with E-state index in [1.54, 1.807) is 25.1 Å². The SMILES string of the molecule is CCCNC(=O)[C@@H](C)N(Cc1ccc(Br)cc1)C(=O)COc1ccc(Br)cc1Cl. The molecule has 156 valence electrons. The molecule has 0 aliphatic rings. The lowest BCUT2D eigenvalue weighted by Crippen LogP contribution is -2.49. The summed E-state index contributed by atoms with van der Waals surface area (Å²) in [6.45, 7) is 4.34. The largest absolute Gasteiger partial charge is 0.482 e. The maximum Gasteiger partial charge on any atom is 0.261 e. The number of amides is 2. The fraction of sp³-hybridized carbons (Fsp3) is 0.333. The van der Waals surface area contributed by atoms with E-state index in [1.807, 2.05) is 31.2 Å². The second-order valence-electron chi connectivity index (χ2n) is 6.48. The van der Waals surface area contributed by atoms with Crippen LogP contribution >= 0.6 is 43.5 Å². The van der Waals surface area contributed by atoms with E-state index in [0.717, 1.165) is 20.9 Å². The molecular weight excluding hydrogens is 524 g/mol. The van der Waals surface area contributed by atoms with Crippen molar-refractivity contribution < 1.29 is 14.3 Å². The van der Waals surface area contributed by atoms with Crippen molar-refractivity contribution in [3.8, 4) is 5.75 Å². The van der Waals surface area contributed by atoms with Crippen LogP contribution in [-0.2, 0) is 16.1 Å². The summed E-state index contributed by atoms with van der Waals surface area (Å²) in [7, 11) is 0. The second-order valence-corrected chi connectivity index (χ2v) is 8.72. The van der Waals surface area contributed by atoms with Gasteiger partial charge in [0.15, 0.2) is 6.61 Å². The van der Waals surface area contributed by atoms with Crippen LogP contribution in [0.1, 0.15) is 25.8 Å². The van der Waals surface area contributed by atoms with Crippen LogP contribution in [0.4, 0.5) is 0 Å². The third-order valence-corrected chi connectivity index (χ3v) is 5.55. The molecule has 2 aromatic rings. The zero-order chi connectivity index (χ0) is 21.4. The Kier molecular flexibility index (Phi) is 9.46. The maximum atomic E-state index is 12.9. The summed E-state index contributed by atoms with van der Waals surface area (Å²) in [6.07, 6.45) is 0.824. The van der Waals surface area contributed by atoms with Gasteiger partial charge in [-0.3, -0.25) is 9.59 Å². The number of nitrogens with one attached hydrogen (secondary N) is 1. The highest BCUT2D eigenvalue weighted by Gasteiger charge is 2.26. The summed E-state index contributed by atoms with van der Waals surface area (Å²) >= 11 is 12.9.